The van der Waals surface area contributed by atoms with Crippen LogP contribution in [0.3, 0.4) is 0 Å². The highest BCUT2D eigenvalue weighted by molar-refractivity contribution is 5.80. The largest absolute Gasteiger partial charge is 0.465 e. The van der Waals surface area contributed by atoms with Gasteiger partial charge < -0.3 is 9.64 Å². The van der Waals surface area contributed by atoms with Crippen LogP contribution in [0.2, 0.25) is 0 Å². The first kappa shape index (κ1) is 16.8. The molecule has 4 nitrogen and oxygen atoms in total. The van der Waals surface area contributed by atoms with E-state index in [2.05, 4.69) is 24.1 Å². The normalized spacial score (nSPS) is 21.6. The molecule has 0 spiro atoms. The van der Waals surface area contributed by atoms with Gasteiger partial charge in [-0.1, -0.05) is 0 Å². The molecule has 0 aliphatic heterocycles. The highest BCUT2D eigenvalue weighted by Crippen LogP contribution is 2.34. The first-order valence-corrected chi connectivity index (χ1v) is 8.60. The fraction of sp³-hybridized carbons (Fsp3) is 0.941. The van der Waals surface area contributed by atoms with Gasteiger partial charge in [0.1, 0.15) is 5.54 Å². The topological polar surface area (TPSA) is 41.6 Å². The molecule has 122 valence electrons. The van der Waals surface area contributed by atoms with Crippen molar-refractivity contribution in [2.45, 2.75) is 65.0 Å². The Morgan fingerprint density at radius 3 is 2.14 bits per heavy atom. The van der Waals surface area contributed by atoms with E-state index < -0.39 is 5.54 Å². The van der Waals surface area contributed by atoms with Gasteiger partial charge in [-0.2, -0.15) is 0 Å². The molecule has 0 amide bonds. The highest BCUT2D eigenvalue weighted by atomic mass is 16.5. The number of nitrogens with one attached hydrogen (secondary N) is 1. The second-order valence-corrected chi connectivity index (χ2v) is 7.43. The molecule has 0 aromatic heterocycles. The third kappa shape index (κ3) is 5.59. The van der Waals surface area contributed by atoms with Crippen molar-refractivity contribution < 1.29 is 9.53 Å². The maximum atomic E-state index is 12.4. The van der Waals surface area contributed by atoms with Crippen LogP contribution in [0.4, 0.5) is 0 Å². The highest BCUT2D eigenvalue weighted by Gasteiger charge is 2.39. The molecule has 2 aliphatic carbocycles. The summed E-state index contributed by atoms with van der Waals surface area (Å²) in [6.45, 7) is 11.5. The lowest BCUT2D eigenvalue weighted by Gasteiger charge is -2.36. The zero-order valence-electron chi connectivity index (χ0n) is 14.2. The average Bonchev–Trinajstić information content (AvgIpc) is 3.24. The van der Waals surface area contributed by atoms with Crippen LogP contribution in [0.15, 0.2) is 0 Å². The minimum Gasteiger partial charge on any atom is -0.465 e. The summed E-state index contributed by atoms with van der Waals surface area (Å²) in [5.74, 6) is 1.60. The minimum absolute atomic E-state index is 0.115. The van der Waals surface area contributed by atoms with E-state index in [4.69, 9.17) is 4.74 Å². The van der Waals surface area contributed by atoms with E-state index in [1.54, 1.807) is 0 Å². The summed E-state index contributed by atoms with van der Waals surface area (Å²) in [5.41, 5.74) is -0.603. The number of carbonyl (C=O) groups excluding carboxylic acids is 1. The molecular weight excluding hydrogens is 264 g/mol. The molecule has 0 heterocycles. The van der Waals surface area contributed by atoms with Crippen molar-refractivity contribution in [2.75, 3.05) is 26.2 Å². The first-order valence-electron chi connectivity index (χ1n) is 8.60. The van der Waals surface area contributed by atoms with E-state index in [9.17, 15) is 4.79 Å². The molecule has 0 aromatic rings. The number of hydrogen-bond acceptors (Lipinski definition) is 4. The second kappa shape index (κ2) is 7.10. The van der Waals surface area contributed by atoms with Gasteiger partial charge in [0, 0.05) is 25.7 Å². The van der Waals surface area contributed by atoms with Crippen LogP contribution in [0.1, 0.15) is 53.4 Å². The zero-order valence-corrected chi connectivity index (χ0v) is 14.2. The molecule has 1 atom stereocenters. The summed E-state index contributed by atoms with van der Waals surface area (Å²) in [6, 6.07) is 0.267. The van der Waals surface area contributed by atoms with Gasteiger partial charge in [-0.15, -0.1) is 0 Å². The standard InChI is InChI=1S/C17H32N2O2/c1-5-21-16(20)17(4,18-13(2)3)12-19(10-14-6-7-14)11-15-8-9-15/h13-15,18H,5-12H2,1-4H3. The molecule has 2 fully saturated rings. The molecule has 2 aliphatic rings. The van der Waals surface area contributed by atoms with Crippen LogP contribution >= 0.6 is 0 Å². The van der Waals surface area contributed by atoms with Crippen LogP contribution in [0.25, 0.3) is 0 Å². The molecular formula is C17H32N2O2. The van der Waals surface area contributed by atoms with Crippen molar-refractivity contribution in [1.82, 2.24) is 10.2 Å². The van der Waals surface area contributed by atoms with Gasteiger partial charge >= 0.3 is 5.97 Å². The van der Waals surface area contributed by atoms with Crippen LogP contribution in [0, 0.1) is 11.8 Å². The molecule has 1 unspecified atom stereocenters. The summed E-state index contributed by atoms with van der Waals surface area (Å²) in [7, 11) is 0. The molecule has 21 heavy (non-hydrogen) atoms. The molecule has 0 radical (unpaired) electrons. The summed E-state index contributed by atoms with van der Waals surface area (Å²) < 4.78 is 5.32. The SMILES string of the molecule is CCOC(=O)C(C)(CN(CC1CC1)CC1CC1)NC(C)C. The Hall–Kier alpha value is -0.610. The summed E-state index contributed by atoms with van der Waals surface area (Å²) >= 11 is 0. The molecule has 0 aromatic carbocycles. The number of hydrogen-bond donors (Lipinski definition) is 1. The fourth-order valence-electron chi connectivity index (χ4n) is 3.08. The van der Waals surface area contributed by atoms with E-state index in [1.807, 2.05) is 13.8 Å². The maximum absolute atomic E-state index is 12.4. The Bertz CT molecular complexity index is 337. The Kier molecular flexibility index (Phi) is 5.67. The Labute approximate surface area is 129 Å². The third-order valence-electron chi connectivity index (χ3n) is 4.30. The lowest BCUT2D eigenvalue weighted by atomic mass is 9.99. The van der Waals surface area contributed by atoms with Crippen molar-refractivity contribution in [3.8, 4) is 0 Å². The monoisotopic (exact) mass is 296 g/mol. The smallest absolute Gasteiger partial charge is 0.327 e. The van der Waals surface area contributed by atoms with E-state index in [1.165, 1.54) is 25.7 Å². The molecule has 0 bridgehead atoms. The minimum atomic E-state index is -0.603. The number of rotatable bonds is 10. The second-order valence-electron chi connectivity index (χ2n) is 7.43. The van der Waals surface area contributed by atoms with Crippen molar-refractivity contribution in [3.05, 3.63) is 0 Å². The molecule has 2 rings (SSSR count). The Morgan fingerprint density at radius 1 is 1.24 bits per heavy atom. The quantitative estimate of drug-likeness (QED) is 0.629. The zero-order chi connectivity index (χ0) is 15.5. The van der Waals surface area contributed by atoms with Crippen LogP contribution < -0.4 is 5.32 Å². The van der Waals surface area contributed by atoms with Crippen molar-refractivity contribution in [1.29, 1.82) is 0 Å². The van der Waals surface area contributed by atoms with E-state index in [-0.39, 0.29) is 12.0 Å². The number of ether oxygens (including phenoxy) is 1. The Morgan fingerprint density at radius 2 is 1.76 bits per heavy atom. The van der Waals surface area contributed by atoms with E-state index in [0.717, 1.165) is 31.5 Å². The number of nitrogens with zero attached hydrogens (tertiary/aromatic N) is 1. The lowest BCUT2D eigenvalue weighted by molar-refractivity contribution is -0.151. The molecule has 2 saturated carbocycles. The van der Waals surface area contributed by atoms with Gasteiger partial charge in [-0.25, -0.2) is 0 Å². The van der Waals surface area contributed by atoms with Crippen LogP contribution in [-0.4, -0.2) is 48.7 Å². The molecule has 1 N–H and O–H groups in total. The van der Waals surface area contributed by atoms with Gasteiger partial charge in [0.05, 0.1) is 6.61 Å². The summed E-state index contributed by atoms with van der Waals surface area (Å²) in [6.07, 6.45) is 5.42. The fourth-order valence-corrected chi connectivity index (χ4v) is 3.08. The van der Waals surface area contributed by atoms with Crippen molar-refractivity contribution >= 4 is 5.97 Å². The van der Waals surface area contributed by atoms with Crippen LogP contribution in [0.5, 0.6) is 0 Å². The van der Waals surface area contributed by atoms with Gasteiger partial charge in [0.15, 0.2) is 0 Å². The Balaban J connectivity index is 1.99. The summed E-state index contributed by atoms with van der Waals surface area (Å²) in [5, 5.41) is 3.44. The van der Waals surface area contributed by atoms with Gasteiger partial charge in [-0.3, -0.25) is 10.1 Å². The van der Waals surface area contributed by atoms with E-state index >= 15 is 0 Å². The molecule has 4 heteroatoms. The lowest BCUT2D eigenvalue weighted by Crippen LogP contribution is -2.60. The average molecular weight is 296 g/mol. The van der Waals surface area contributed by atoms with E-state index in [0.29, 0.717) is 6.61 Å². The van der Waals surface area contributed by atoms with Crippen molar-refractivity contribution in [2.24, 2.45) is 11.8 Å². The third-order valence-corrected chi connectivity index (χ3v) is 4.30. The van der Waals surface area contributed by atoms with Gasteiger partial charge in [0.25, 0.3) is 0 Å². The predicted molar refractivity (Wildman–Crippen MR) is 85.2 cm³/mol. The van der Waals surface area contributed by atoms with Crippen LogP contribution in [-0.2, 0) is 9.53 Å². The van der Waals surface area contributed by atoms with Gasteiger partial charge in [0.2, 0.25) is 0 Å². The maximum Gasteiger partial charge on any atom is 0.327 e. The van der Waals surface area contributed by atoms with Gasteiger partial charge in [-0.05, 0) is 65.2 Å². The first-order chi connectivity index (χ1) is 9.93. The predicted octanol–water partition coefficient (Wildman–Crippen LogP) is 2.43. The molecule has 0 saturated heterocycles. The number of carbonyl (C=O) groups is 1. The van der Waals surface area contributed by atoms with Crippen molar-refractivity contribution in [3.63, 3.8) is 0 Å². The number of esters is 1. The summed E-state index contributed by atoms with van der Waals surface area (Å²) in [4.78, 5) is 14.9.